The highest BCUT2D eigenvalue weighted by Crippen LogP contribution is 2.14. The summed E-state index contributed by atoms with van der Waals surface area (Å²) in [6, 6.07) is 7.66. The normalized spacial score (nSPS) is 18.8. The summed E-state index contributed by atoms with van der Waals surface area (Å²) in [4.78, 5) is 14.3. The van der Waals surface area contributed by atoms with Crippen LogP contribution in [-0.4, -0.2) is 50.7 Å². The van der Waals surface area contributed by atoms with Gasteiger partial charge in [-0.3, -0.25) is 4.90 Å². The summed E-state index contributed by atoms with van der Waals surface area (Å²) in [6.07, 6.45) is 0. The van der Waals surface area contributed by atoms with E-state index in [1.54, 1.807) is 25.2 Å². The van der Waals surface area contributed by atoms with Crippen molar-refractivity contribution in [2.45, 2.75) is 4.90 Å². The molecule has 0 bridgehead atoms. The summed E-state index contributed by atoms with van der Waals surface area (Å²) in [7, 11) is -0.657. The summed E-state index contributed by atoms with van der Waals surface area (Å²) in [5, 5.41) is 0. The molecule has 1 aliphatic heterocycles. The number of amidine groups is 1. The Bertz CT molecular complexity index is 595. The van der Waals surface area contributed by atoms with E-state index in [-0.39, 0.29) is 23.3 Å². The number of likely N-dealkylation sites (N-methyl/N-ethyl adjacent to an activating group) is 2. The van der Waals surface area contributed by atoms with Crippen LogP contribution in [0, 0.1) is 0 Å². The molecule has 96 valence electrons. The van der Waals surface area contributed by atoms with Crippen LogP contribution in [0.25, 0.3) is 0 Å². The second-order valence-electron chi connectivity index (χ2n) is 3.99. The molecule has 2 amide bonds. The van der Waals surface area contributed by atoms with Crippen LogP contribution in [0.5, 0.6) is 0 Å². The van der Waals surface area contributed by atoms with Gasteiger partial charge in [0, 0.05) is 14.1 Å². The fourth-order valence-electron chi connectivity index (χ4n) is 1.63. The molecule has 18 heavy (non-hydrogen) atoms. The molecule has 7 heteroatoms. The number of benzene rings is 1. The number of urea groups is 1. The van der Waals surface area contributed by atoms with Gasteiger partial charge in [0.25, 0.3) is 10.0 Å². The maximum atomic E-state index is 12.0. The van der Waals surface area contributed by atoms with Crippen LogP contribution in [-0.2, 0) is 10.0 Å². The Labute approximate surface area is 106 Å². The van der Waals surface area contributed by atoms with Crippen molar-refractivity contribution >= 4 is 21.9 Å². The lowest BCUT2D eigenvalue weighted by atomic mass is 10.4. The smallest absolute Gasteiger partial charge is 0.320 e. The summed E-state index contributed by atoms with van der Waals surface area (Å²) >= 11 is 0. The van der Waals surface area contributed by atoms with Gasteiger partial charge < -0.3 is 4.90 Å². The summed E-state index contributed by atoms with van der Waals surface area (Å²) in [5.74, 6) is 0.228. The molecular weight excluding hydrogens is 254 g/mol. The lowest BCUT2D eigenvalue weighted by Crippen LogP contribution is -2.27. The van der Waals surface area contributed by atoms with E-state index in [4.69, 9.17) is 0 Å². The molecule has 1 saturated heterocycles. The second-order valence-corrected chi connectivity index (χ2v) is 5.60. The minimum absolute atomic E-state index is 0.118. The Morgan fingerprint density at radius 3 is 2.28 bits per heavy atom. The highest BCUT2D eigenvalue weighted by Gasteiger charge is 2.30. The van der Waals surface area contributed by atoms with E-state index in [1.165, 1.54) is 29.0 Å². The van der Waals surface area contributed by atoms with Crippen molar-refractivity contribution in [3.63, 3.8) is 0 Å². The van der Waals surface area contributed by atoms with E-state index >= 15 is 0 Å². The first-order valence-electron chi connectivity index (χ1n) is 5.29. The van der Waals surface area contributed by atoms with Gasteiger partial charge in [0.15, 0.2) is 0 Å². The Hall–Kier alpha value is -1.89. The highest BCUT2D eigenvalue weighted by atomic mass is 32.2. The number of amides is 2. The molecule has 0 radical (unpaired) electrons. The molecule has 1 aromatic carbocycles. The zero-order chi connectivity index (χ0) is 13.3. The van der Waals surface area contributed by atoms with Crippen molar-refractivity contribution in [1.29, 1.82) is 0 Å². The minimum Gasteiger partial charge on any atom is -0.320 e. The monoisotopic (exact) mass is 267 g/mol. The third kappa shape index (κ3) is 2.21. The van der Waals surface area contributed by atoms with Gasteiger partial charge in [0.1, 0.15) is 5.84 Å². The van der Waals surface area contributed by atoms with Gasteiger partial charge in [-0.25, -0.2) is 4.79 Å². The van der Waals surface area contributed by atoms with E-state index < -0.39 is 10.0 Å². The number of rotatable bonds is 2. The van der Waals surface area contributed by atoms with Gasteiger partial charge in [0.2, 0.25) is 0 Å². The first-order chi connectivity index (χ1) is 8.42. The maximum absolute atomic E-state index is 12.0. The van der Waals surface area contributed by atoms with Crippen molar-refractivity contribution < 1.29 is 13.2 Å². The van der Waals surface area contributed by atoms with Crippen LogP contribution in [0.2, 0.25) is 0 Å². The van der Waals surface area contributed by atoms with Gasteiger partial charge in [0.05, 0.1) is 11.4 Å². The van der Waals surface area contributed by atoms with Crippen LogP contribution >= 0.6 is 0 Å². The molecule has 0 aliphatic carbocycles. The van der Waals surface area contributed by atoms with Crippen LogP contribution in [0.1, 0.15) is 0 Å². The quantitative estimate of drug-likeness (QED) is 0.794. The molecule has 0 saturated carbocycles. The minimum atomic E-state index is -3.76. The van der Waals surface area contributed by atoms with Crippen molar-refractivity contribution in [2.24, 2.45) is 4.40 Å². The predicted molar refractivity (Wildman–Crippen MR) is 66.9 cm³/mol. The first-order valence-corrected chi connectivity index (χ1v) is 6.73. The van der Waals surface area contributed by atoms with Crippen molar-refractivity contribution in [3.8, 4) is 0 Å². The van der Waals surface area contributed by atoms with Gasteiger partial charge >= 0.3 is 6.03 Å². The molecule has 1 aliphatic rings. The van der Waals surface area contributed by atoms with Crippen LogP contribution in [0.15, 0.2) is 39.6 Å². The van der Waals surface area contributed by atoms with Crippen molar-refractivity contribution in [1.82, 2.24) is 9.80 Å². The third-order valence-corrected chi connectivity index (χ3v) is 3.96. The molecular formula is C11H13N3O3S. The van der Waals surface area contributed by atoms with E-state index in [2.05, 4.69) is 4.40 Å². The average Bonchev–Trinajstić information content (AvgIpc) is 2.58. The van der Waals surface area contributed by atoms with Crippen LogP contribution < -0.4 is 0 Å². The van der Waals surface area contributed by atoms with Crippen molar-refractivity contribution in [2.75, 3.05) is 20.6 Å². The largest absolute Gasteiger partial charge is 0.325 e. The second kappa shape index (κ2) is 4.41. The fourth-order valence-corrected chi connectivity index (χ4v) is 2.69. The van der Waals surface area contributed by atoms with E-state index in [1.807, 2.05) is 0 Å². The van der Waals surface area contributed by atoms with Gasteiger partial charge in [-0.05, 0) is 12.1 Å². The lowest BCUT2D eigenvalue weighted by Gasteiger charge is -2.08. The lowest BCUT2D eigenvalue weighted by molar-refractivity contribution is 0.209. The van der Waals surface area contributed by atoms with Crippen molar-refractivity contribution in [3.05, 3.63) is 30.3 Å². The Balaban J connectivity index is 2.37. The molecule has 1 aromatic rings. The topological polar surface area (TPSA) is 70.1 Å². The SMILES string of the molecule is CN1C/C(=N\S(=O)(=O)c2ccccc2)N(C)C1=O. The standard InChI is InChI=1S/C11H13N3O3S/c1-13-8-10(14(2)11(13)15)12-18(16,17)9-6-4-3-5-7-9/h3-7H,8H2,1-2H3/b12-10+. The van der Waals surface area contributed by atoms with Crippen LogP contribution in [0.4, 0.5) is 4.79 Å². The molecule has 6 nitrogen and oxygen atoms in total. The van der Waals surface area contributed by atoms with Crippen LogP contribution in [0.3, 0.4) is 0 Å². The highest BCUT2D eigenvalue weighted by molar-refractivity contribution is 7.90. The van der Waals surface area contributed by atoms with E-state index in [0.717, 1.165) is 0 Å². The van der Waals surface area contributed by atoms with Gasteiger partial charge in [-0.15, -0.1) is 4.40 Å². The molecule has 0 atom stereocenters. The molecule has 1 fully saturated rings. The molecule has 0 unspecified atom stereocenters. The summed E-state index contributed by atoms with van der Waals surface area (Å²) < 4.78 is 27.7. The Morgan fingerprint density at radius 1 is 1.17 bits per heavy atom. The predicted octanol–water partition coefficient (Wildman–Crippen LogP) is 0.771. The Kier molecular flexibility index (Phi) is 3.08. The Morgan fingerprint density at radius 2 is 1.78 bits per heavy atom. The fraction of sp³-hybridized carbons (Fsp3) is 0.273. The summed E-state index contributed by atoms with van der Waals surface area (Å²) in [6.45, 7) is 0.196. The number of hydrogen-bond donors (Lipinski definition) is 0. The average molecular weight is 267 g/mol. The number of carbonyl (C=O) groups excluding carboxylic acids is 1. The zero-order valence-corrected chi connectivity index (χ0v) is 10.9. The molecule has 0 aromatic heterocycles. The molecule has 0 spiro atoms. The number of carbonyl (C=O) groups is 1. The van der Waals surface area contributed by atoms with E-state index in [0.29, 0.717) is 0 Å². The van der Waals surface area contributed by atoms with E-state index in [9.17, 15) is 13.2 Å². The van der Waals surface area contributed by atoms with Gasteiger partial charge in [-0.2, -0.15) is 8.42 Å². The summed E-state index contributed by atoms with van der Waals surface area (Å²) in [5.41, 5.74) is 0. The molecule has 2 rings (SSSR count). The first kappa shape index (κ1) is 12.6. The number of nitrogens with zero attached hydrogens (tertiary/aromatic N) is 3. The number of sulfonamides is 1. The third-order valence-electron chi connectivity index (χ3n) is 2.65. The maximum Gasteiger partial charge on any atom is 0.325 e. The zero-order valence-electron chi connectivity index (χ0n) is 10.1. The van der Waals surface area contributed by atoms with Gasteiger partial charge in [-0.1, -0.05) is 18.2 Å². The number of hydrogen-bond acceptors (Lipinski definition) is 3. The molecule has 0 N–H and O–H groups in total. The molecule has 1 heterocycles.